The summed E-state index contributed by atoms with van der Waals surface area (Å²) in [6.45, 7) is 11.5. The highest BCUT2D eigenvalue weighted by Crippen LogP contribution is 2.47. The second kappa shape index (κ2) is 24.1. The number of hydrogen-bond donors (Lipinski definition) is 2. The van der Waals surface area contributed by atoms with Crippen LogP contribution in [0, 0.1) is 11.3 Å². The maximum Gasteiger partial charge on any atom is 0.407 e. The van der Waals surface area contributed by atoms with Crippen LogP contribution in [0.2, 0.25) is 5.02 Å². The number of aldehydes is 1. The number of likely N-dealkylation sites (N-methyl/N-ethyl adjacent to an activating group) is 1. The van der Waals surface area contributed by atoms with Crippen LogP contribution < -0.4 is 10.1 Å². The number of aliphatic carboxylic acids is 1. The van der Waals surface area contributed by atoms with E-state index in [1.54, 1.807) is 32.9 Å². The first-order valence-electron chi connectivity index (χ1n) is 20.5. The first-order chi connectivity index (χ1) is 28.1. The molecule has 0 aliphatic carbocycles. The van der Waals surface area contributed by atoms with Gasteiger partial charge in [0.2, 0.25) is 17.7 Å². The number of epoxide rings is 1. The Morgan fingerprint density at radius 1 is 1.12 bits per heavy atom. The largest absolute Gasteiger partial charge is 0.495 e. The van der Waals surface area contributed by atoms with Crippen molar-refractivity contribution in [1.29, 1.82) is 0 Å². The number of carboxylic acid groups (broad SMARTS) is 1. The van der Waals surface area contributed by atoms with Crippen molar-refractivity contribution in [2.45, 2.75) is 136 Å². The van der Waals surface area contributed by atoms with Crippen molar-refractivity contribution >= 4 is 47.7 Å². The first-order valence-corrected chi connectivity index (χ1v) is 20.8. The summed E-state index contributed by atoms with van der Waals surface area (Å²) in [4.78, 5) is 72.1. The molecule has 2 N–H and O–H groups in total. The van der Waals surface area contributed by atoms with Gasteiger partial charge in [-0.15, -0.1) is 0 Å². The van der Waals surface area contributed by atoms with E-state index in [0.717, 1.165) is 38.2 Å². The van der Waals surface area contributed by atoms with Crippen molar-refractivity contribution < 1.29 is 52.6 Å². The third-order valence-corrected chi connectivity index (χ3v) is 11.5. The number of carboxylic acids is 1. The maximum atomic E-state index is 13.0. The van der Waals surface area contributed by atoms with Crippen molar-refractivity contribution in [2.75, 3.05) is 34.8 Å². The van der Waals surface area contributed by atoms with Gasteiger partial charge in [-0.05, 0) is 70.6 Å². The summed E-state index contributed by atoms with van der Waals surface area (Å²) >= 11 is 6.10. The van der Waals surface area contributed by atoms with E-state index < -0.39 is 35.0 Å². The zero-order valence-electron chi connectivity index (χ0n) is 36.9. The lowest BCUT2D eigenvalue weighted by atomic mass is 9.86. The number of methoxy groups -OCH3 is 1. The third kappa shape index (κ3) is 16.5. The van der Waals surface area contributed by atoms with Gasteiger partial charge >= 0.3 is 12.1 Å². The molecule has 0 aromatic heterocycles. The quantitative estimate of drug-likeness (QED) is 0.0402. The molecule has 3 rings (SSSR count). The lowest BCUT2D eigenvalue weighted by Gasteiger charge is -2.33. The van der Waals surface area contributed by atoms with Gasteiger partial charge in [0, 0.05) is 65.3 Å². The Kier molecular flexibility index (Phi) is 20.7. The molecule has 0 radical (unpaired) electrons. The molecule has 4 amide bonds. The number of hydrogen-bond acceptors (Lipinski definition) is 9. The summed E-state index contributed by atoms with van der Waals surface area (Å²) < 4.78 is 29.7. The first kappa shape index (κ1) is 51.6. The minimum Gasteiger partial charge on any atom is -0.495 e. The van der Waals surface area contributed by atoms with Crippen LogP contribution in [-0.2, 0) is 39.9 Å². The number of ether oxygens (including phenoxy) is 3. The van der Waals surface area contributed by atoms with Crippen molar-refractivity contribution in [1.82, 2.24) is 20.2 Å². The Morgan fingerprint density at radius 3 is 2.42 bits per heavy atom. The highest BCUT2D eigenvalue weighted by molar-refractivity contribution is 6.32. The van der Waals surface area contributed by atoms with Crippen LogP contribution in [0.3, 0.4) is 0 Å². The van der Waals surface area contributed by atoms with Crippen LogP contribution in [0.5, 0.6) is 5.75 Å². The van der Waals surface area contributed by atoms with E-state index in [-0.39, 0.29) is 53.9 Å². The fourth-order valence-corrected chi connectivity index (χ4v) is 7.17. The summed E-state index contributed by atoms with van der Waals surface area (Å²) in [5.41, 5.74) is 1.10. The summed E-state index contributed by atoms with van der Waals surface area (Å²) in [6, 6.07) is 4.88. The molecule has 2 heterocycles. The fourth-order valence-electron chi connectivity index (χ4n) is 6.97. The van der Waals surface area contributed by atoms with Crippen molar-refractivity contribution in [2.24, 2.45) is 11.3 Å². The van der Waals surface area contributed by atoms with Crippen LogP contribution in [-0.4, -0.2) is 121 Å². The van der Waals surface area contributed by atoms with Gasteiger partial charge in [0.15, 0.2) is 0 Å². The molecule has 60 heavy (non-hydrogen) atoms. The van der Waals surface area contributed by atoms with Crippen LogP contribution in [0.25, 0.3) is 0 Å². The number of amides is 4. The normalized spacial score (nSPS) is 21.0. The standard InChI is InChI=1S/C27H36ClFN2O5.C17H30N2O5/c1-17(14-19-10-11-21(28)23(15-19)34-5)8-6-7-9-20-16-22(35-26(33)30-20)18(2)25-27(3,36-25)13-12-24(32)31(4)29;1-13(15(22)23)19(5)14(21)9-7-6-8-11-18(4)16(24)17(2,3)10-12-20/h6-8,10-11,15,18,20,22,25H,9,12-14,16H2,1-5H3,(H,30,33);12-13H,6-11H2,1-5H3,(H,22,23)/b7-6+,17-8+;/t18-,20?,22?,25?,27?;/m1./s1. The number of alkyl carbamates (subject to hydrolysis) is 1. The van der Waals surface area contributed by atoms with Gasteiger partial charge in [0.25, 0.3) is 0 Å². The molecule has 2 saturated heterocycles. The predicted octanol–water partition coefficient (Wildman–Crippen LogP) is 7.12. The summed E-state index contributed by atoms with van der Waals surface area (Å²) in [7, 11) is 5.89. The van der Waals surface area contributed by atoms with E-state index in [1.807, 2.05) is 44.2 Å². The maximum absolute atomic E-state index is 13.0. The molecule has 2 fully saturated rings. The van der Waals surface area contributed by atoms with Gasteiger partial charge < -0.3 is 39.2 Å². The summed E-state index contributed by atoms with van der Waals surface area (Å²) in [5.74, 6) is -1.24. The lowest BCUT2D eigenvalue weighted by molar-refractivity contribution is -0.148. The lowest BCUT2D eigenvalue weighted by Crippen LogP contribution is -2.48. The Morgan fingerprint density at radius 2 is 1.80 bits per heavy atom. The van der Waals surface area contributed by atoms with E-state index in [1.165, 1.54) is 24.4 Å². The highest BCUT2D eigenvalue weighted by atomic mass is 35.5. The number of carbonyl (C=O) groups is 6. The zero-order valence-corrected chi connectivity index (χ0v) is 37.7. The molecule has 0 bridgehead atoms. The van der Waals surface area contributed by atoms with E-state index in [9.17, 15) is 33.2 Å². The van der Waals surface area contributed by atoms with E-state index in [2.05, 4.69) is 18.3 Å². The van der Waals surface area contributed by atoms with Crippen LogP contribution in [0.1, 0.15) is 105 Å². The SMILES string of the molecule is CC(C(=O)O)N(C)C(=O)CCCCCN(C)C(=O)C(C)(C)CC=O.COc1cc(C/C(C)=C/C=C/CC2CC([C@@H](C)C3OC3(C)CCC(=O)N(C)F)OC(=O)N2)ccc1Cl. The molecule has 1 aromatic rings. The number of rotatable bonds is 22. The Labute approximate surface area is 359 Å². The fraction of sp³-hybridized carbons (Fsp3) is 0.636. The number of carbonyl (C=O) groups excluding carboxylic acids is 5. The van der Waals surface area contributed by atoms with E-state index in [4.69, 9.17) is 30.9 Å². The average molecular weight is 865 g/mol. The molecule has 0 saturated carbocycles. The predicted molar refractivity (Wildman–Crippen MR) is 227 cm³/mol. The van der Waals surface area contributed by atoms with Gasteiger partial charge in [0.05, 0.1) is 29.3 Å². The van der Waals surface area contributed by atoms with Gasteiger partial charge in [-0.2, -0.15) is 5.12 Å². The van der Waals surface area contributed by atoms with Crippen LogP contribution in [0.15, 0.2) is 42.0 Å². The number of nitrogens with one attached hydrogen (secondary N) is 1. The third-order valence-electron chi connectivity index (χ3n) is 11.2. The molecular formula is C44H66ClFN4O10. The molecule has 6 atom stereocenters. The molecule has 14 nitrogen and oxygen atoms in total. The second-order valence-electron chi connectivity index (χ2n) is 16.7. The second-order valence-corrected chi connectivity index (χ2v) is 17.1. The zero-order chi connectivity index (χ0) is 45.4. The summed E-state index contributed by atoms with van der Waals surface area (Å²) in [5, 5.41) is 12.5. The monoisotopic (exact) mass is 864 g/mol. The topological polar surface area (TPSA) is 175 Å². The summed E-state index contributed by atoms with van der Waals surface area (Å²) in [6.07, 6.45) is 11.3. The smallest absolute Gasteiger partial charge is 0.407 e. The average Bonchev–Trinajstić information content (AvgIpc) is 3.88. The number of cyclic esters (lactones) is 1. The Bertz CT molecular complexity index is 1700. The number of unbranched alkanes of at least 4 members (excludes halogenated alkanes) is 2. The Balaban J connectivity index is 0.000000452. The number of benzene rings is 1. The van der Waals surface area contributed by atoms with Crippen LogP contribution >= 0.6 is 11.6 Å². The molecule has 0 spiro atoms. The number of nitrogens with zero attached hydrogens (tertiary/aromatic N) is 3. The van der Waals surface area contributed by atoms with Crippen LogP contribution in [0.4, 0.5) is 9.28 Å². The molecule has 16 heteroatoms. The minimum atomic E-state index is -1.02. The van der Waals surface area contributed by atoms with Crippen molar-refractivity contribution in [3.8, 4) is 5.75 Å². The number of allylic oxidation sites excluding steroid dienone is 3. The van der Waals surface area contributed by atoms with E-state index >= 15 is 0 Å². The van der Waals surface area contributed by atoms with Gasteiger partial charge in [-0.3, -0.25) is 14.4 Å². The minimum absolute atomic E-state index is 0.0377. The molecule has 336 valence electrons. The van der Waals surface area contributed by atoms with Gasteiger partial charge in [0.1, 0.15) is 24.2 Å². The molecule has 2 aliphatic heterocycles. The van der Waals surface area contributed by atoms with Crippen molar-refractivity contribution in [3.63, 3.8) is 0 Å². The number of halogens is 2. The van der Waals surface area contributed by atoms with Gasteiger partial charge in [-0.1, -0.05) is 73.1 Å². The molecular weight excluding hydrogens is 799 g/mol. The highest BCUT2D eigenvalue weighted by Gasteiger charge is 2.57. The Hall–Kier alpha value is -4.50. The molecule has 1 aromatic carbocycles. The van der Waals surface area contributed by atoms with E-state index in [0.29, 0.717) is 49.4 Å². The van der Waals surface area contributed by atoms with Crippen molar-refractivity contribution in [3.05, 3.63) is 52.6 Å². The molecule has 5 unspecified atom stereocenters. The van der Waals surface area contributed by atoms with Gasteiger partial charge in [-0.25, -0.2) is 9.59 Å². The molecule has 2 aliphatic rings.